The second-order valence-electron chi connectivity index (χ2n) is 2.98. The first-order chi connectivity index (χ1) is 5.85. The zero-order valence-corrected chi connectivity index (χ0v) is 8.18. The van der Waals surface area contributed by atoms with Gasteiger partial charge in [0.15, 0.2) is 0 Å². The topological polar surface area (TPSA) is 41.5 Å². The van der Waals surface area contributed by atoms with E-state index in [9.17, 15) is 0 Å². The fraction of sp³-hybridized carbons (Fsp3) is 1.00. The lowest BCUT2D eigenvalue weighted by atomic mass is 10.0. The molecule has 0 saturated heterocycles. The lowest BCUT2D eigenvalue weighted by Crippen LogP contribution is -2.26. The number of hydrogen-bond acceptors (Lipinski definition) is 3. The van der Waals surface area contributed by atoms with Gasteiger partial charge in [0.2, 0.25) is 0 Å². The number of aliphatic hydroxyl groups excluding tert-OH is 1. The number of nitrogens with one attached hydrogen (secondary N) is 1. The second kappa shape index (κ2) is 8.97. The van der Waals surface area contributed by atoms with Crippen LogP contribution in [0.5, 0.6) is 0 Å². The van der Waals surface area contributed by atoms with E-state index in [1.54, 1.807) is 7.11 Å². The second-order valence-corrected chi connectivity index (χ2v) is 2.98. The molecule has 1 unspecified atom stereocenters. The summed E-state index contributed by atoms with van der Waals surface area (Å²) >= 11 is 0. The molecule has 0 aromatic carbocycles. The molecule has 1 atom stereocenters. The molecule has 0 heterocycles. The number of rotatable bonds is 8. The first-order valence-corrected chi connectivity index (χ1v) is 4.65. The first-order valence-electron chi connectivity index (χ1n) is 4.65. The van der Waals surface area contributed by atoms with E-state index in [1.807, 2.05) is 0 Å². The van der Waals surface area contributed by atoms with Crippen LogP contribution in [0.1, 0.15) is 19.8 Å². The largest absolute Gasteiger partial charge is 0.395 e. The molecule has 0 aliphatic carbocycles. The van der Waals surface area contributed by atoms with Gasteiger partial charge in [-0.3, -0.25) is 0 Å². The highest BCUT2D eigenvalue weighted by Gasteiger charge is 2.04. The third-order valence-corrected chi connectivity index (χ3v) is 2.03. The van der Waals surface area contributed by atoms with Gasteiger partial charge in [-0.1, -0.05) is 13.3 Å². The highest BCUT2D eigenvalue weighted by atomic mass is 16.5. The van der Waals surface area contributed by atoms with Gasteiger partial charge in [-0.25, -0.2) is 0 Å². The van der Waals surface area contributed by atoms with Crippen molar-refractivity contribution in [2.75, 3.05) is 33.4 Å². The van der Waals surface area contributed by atoms with Crippen LogP contribution in [0.25, 0.3) is 0 Å². The van der Waals surface area contributed by atoms with Crippen molar-refractivity contribution < 1.29 is 9.84 Å². The average molecular weight is 175 g/mol. The fourth-order valence-corrected chi connectivity index (χ4v) is 1.12. The molecule has 0 radical (unpaired) electrons. The maximum absolute atomic E-state index is 8.54. The van der Waals surface area contributed by atoms with Crippen LogP contribution >= 0.6 is 0 Å². The minimum Gasteiger partial charge on any atom is -0.395 e. The minimum absolute atomic E-state index is 0.223. The highest BCUT2D eigenvalue weighted by Crippen LogP contribution is 2.05. The molecule has 12 heavy (non-hydrogen) atoms. The smallest absolute Gasteiger partial charge is 0.0555 e. The van der Waals surface area contributed by atoms with E-state index in [0.717, 1.165) is 19.6 Å². The van der Waals surface area contributed by atoms with Crippen LogP contribution in [0.15, 0.2) is 0 Å². The Kier molecular flexibility index (Phi) is 8.88. The summed E-state index contributed by atoms with van der Waals surface area (Å²) in [7, 11) is 1.73. The van der Waals surface area contributed by atoms with Crippen molar-refractivity contribution in [3.63, 3.8) is 0 Å². The Balaban J connectivity index is 3.26. The number of hydrogen-bond donors (Lipinski definition) is 2. The van der Waals surface area contributed by atoms with Crippen molar-refractivity contribution in [2.45, 2.75) is 19.8 Å². The first kappa shape index (κ1) is 11.9. The summed E-state index contributed by atoms with van der Waals surface area (Å²) in [5, 5.41) is 11.7. The molecule has 0 spiro atoms. The van der Waals surface area contributed by atoms with Crippen molar-refractivity contribution >= 4 is 0 Å². The van der Waals surface area contributed by atoms with Crippen LogP contribution in [-0.2, 0) is 4.74 Å². The predicted molar refractivity (Wildman–Crippen MR) is 50.2 cm³/mol. The van der Waals surface area contributed by atoms with Crippen molar-refractivity contribution in [1.29, 1.82) is 0 Å². The standard InChI is InChI=1S/C9H21NO2/c1-3-9(4-7-12-2)8-10-5-6-11/h9-11H,3-8H2,1-2H3. The van der Waals surface area contributed by atoms with E-state index < -0.39 is 0 Å². The molecule has 74 valence electrons. The molecule has 0 aromatic heterocycles. The molecule has 3 nitrogen and oxygen atoms in total. The van der Waals surface area contributed by atoms with Gasteiger partial charge in [0.25, 0.3) is 0 Å². The normalized spacial score (nSPS) is 13.2. The van der Waals surface area contributed by atoms with E-state index in [0.29, 0.717) is 12.5 Å². The Labute approximate surface area is 75.1 Å². The van der Waals surface area contributed by atoms with Crippen molar-refractivity contribution in [3.05, 3.63) is 0 Å². The van der Waals surface area contributed by atoms with Crippen molar-refractivity contribution in [2.24, 2.45) is 5.92 Å². The third kappa shape index (κ3) is 6.58. The van der Waals surface area contributed by atoms with Crippen LogP contribution in [-0.4, -0.2) is 38.5 Å². The molecular weight excluding hydrogens is 154 g/mol. The number of ether oxygens (including phenoxy) is 1. The Morgan fingerprint density at radius 3 is 2.75 bits per heavy atom. The summed E-state index contributed by atoms with van der Waals surface area (Å²) in [6.07, 6.45) is 2.27. The summed E-state index contributed by atoms with van der Waals surface area (Å²) in [4.78, 5) is 0. The van der Waals surface area contributed by atoms with E-state index >= 15 is 0 Å². The molecule has 0 rings (SSSR count). The van der Waals surface area contributed by atoms with Gasteiger partial charge < -0.3 is 15.2 Å². The Morgan fingerprint density at radius 1 is 1.50 bits per heavy atom. The lowest BCUT2D eigenvalue weighted by molar-refractivity contribution is 0.174. The summed E-state index contributed by atoms with van der Waals surface area (Å²) in [5.74, 6) is 0.677. The van der Waals surface area contributed by atoms with Crippen LogP contribution < -0.4 is 5.32 Å². The molecule has 3 heteroatoms. The van der Waals surface area contributed by atoms with Gasteiger partial charge in [0.1, 0.15) is 0 Å². The SMILES string of the molecule is CCC(CCOC)CNCCO. The molecule has 0 fully saturated rings. The summed E-state index contributed by atoms with van der Waals surface area (Å²) in [6.45, 7) is 4.92. The Hall–Kier alpha value is -0.120. The van der Waals surface area contributed by atoms with E-state index in [-0.39, 0.29) is 6.61 Å². The zero-order chi connectivity index (χ0) is 9.23. The van der Waals surface area contributed by atoms with E-state index in [1.165, 1.54) is 6.42 Å². The van der Waals surface area contributed by atoms with Crippen molar-refractivity contribution in [3.8, 4) is 0 Å². The van der Waals surface area contributed by atoms with Gasteiger partial charge in [-0.05, 0) is 18.9 Å². The zero-order valence-electron chi connectivity index (χ0n) is 8.18. The predicted octanol–water partition coefficient (Wildman–Crippen LogP) is 0.631. The van der Waals surface area contributed by atoms with Crippen LogP contribution in [0.3, 0.4) is 0 Å². The van der Waals surface area contributed by atoms with Gasteiger partial charge in [0, 0.05) is 20.3 Å². The van der Waals surface area contributed by atoms with Gasteiger partial charge in [-0.15, -0.1) is 0 Å². The van der Waals surface area contributed by atoms with Gasteiger partial charge in [0.05, 0.1) is 6.61 Å². The molecule has 0 bridgehead atoms. The van der Waals surface area contributed by atoms with Crippen molar-refractivity contribution in [1.82, 2.24) is 5.32 Å². The molecular formula is C9H21NO2. The summed E-state index contributed by atoms with van der Waals surface area (Å²) in [5.41, 5.74) is 0. The quantitative estimate of drug-likeness (QED) is 0.532. The van der Waals surface area contributed by atoms with E-state index in [2.05, 4.69) is 12.2 Å². The summed E-state index contributed by atoms with van der Waals surface area (Å²) < 4.78 is 5.00. The number of methoxy groups -OCH3 is 1. The maximum atomic E-state index is 8.54. The van der Waals surface area contributed by atoms with Crippen LogP contribution in [0.2, 0.25) is 0 Å². The van der Waals surface area contributed by atoms with Crippen LogP contribution in [0.4, 0.5) is 0 Å². The number of aliphatic hydroxyl groups is 1. The average Bonchev–Trinajstić information content (AvgIpc) is 2.11. The lowest BCUT2D eigenvalue weighted by Gasteiger charge is -2.14. The Bertz CT molecular complexity index is 88.6. The molecule has 0 amide bonds. The third-order valence-electron chi connectivity index (χ3n) is 2.03. The Morgan fingerprint density at radius 2 is 2.25 bits per heavy atom. The van der Waals surface area contributed by atoms with Gasteiger partial charge >= 0.3 is 0 Å². The van der Waals surface area contributed by atoms with E-state index in [4.69, 9.17) is 9.84 Å². The molecule has 2 N–H and O–H groups in total. The maximum Gasteiger partial charge on any atom is 0.0555 e. The molecule has 0 aromatic rings. The van der Waals surface area contributed by atoms with Gasteiger partial charge in [-0.2, -0.15) is 0 Å². The van der Waals surface area contributed by atoms with Crippen LogP contribution in [0, 0.1) is 5.92 Å². The molecule has 0 aliphatic rings. The summed E-state index contributed by atoms with van der Waals surface area (Å²) in [6, 6.07) is 0. The molecule has 0 saturated carbocycles. The minimum atomic E-state index is 0.223. The molecule has 0 aliphatic heterocycles. The highest BCUT2D eigenvalue weighted by molar-refractivity contribution is 4.60. The monoisotopic (exact) mass is 175 g/mol. The fourth-order valence-electron chi connectivity index (χ4n) is 1.12.